The molecule has 0 saturated carbocycles. The van der Waals surface area contributed by atoms with Gasteiger partial charge >= 0.3 is 0 Å². The summed E-state index contributed by atoms with van der Waals surface area (Å²) in [6, 6.07) is 20.2. The van der Waals surface area contributed by atoms with Gasteiger partial charge in [-0.2, -0.15) is 0 Å². The minimum atomic E-state index is -0.125. The third kappa shape index (κ3) is 4.08. The van der Waals surface area contributed by atoms with Crippen molar-refractivity contribution in [3.8, 4) is 0 Å². The zero-order valence-electron chi connectivity index (χ0n) is 14.9. The first-order valence-electron chi connectivity index (χ1n) is 9.09. The van der Waals surface area contributed by atoms with Crippen LogP contribution in [0.25, 0.3) is 0 Å². The van der Waals surface area contributed by atoms with E-state index in [1.807, 2.05) is 12.1 Å². The molecule has 0 fully saturated rings. The molecular formula is C22H21ClN2OS. The molecule has 0 aliphatic carbocycles. The minimum absolute atomic E-state index is 0.125. The van der Waals surface area contributed by atoms with Gasteiger partial charge in [0.05, 0.1) is 16.6 Å². The molecule has 1 aliphatic rings. The largest absolute Gasteiger partial charge is 0.350 e. The van der Waals surface area contributed by atoms with Crippen molar-refractivity contribution in [2.75, 3.05) is 13.1 Å². The van der Waals surface area contributed by atoms with E-state index in [2.05, 4.69) is 52.0 Å². The second kappa shape index (κ2) is 8.26. The lowest BCUT2D eigenvalue weighted by Gasteiger charge is -2.35. The van der Waals surface area contributed by atoms with Crippen LogP contribution in [0.5, 0.6) is 0 Å². The number of carbonyl (C=O) groups is 1. The van der Waals surface area contributed by atoms with Gasteiger partial charge in [0, 0.05) is 24.5 Å². The monoisotopic (exact) mass is 396 g/mol. The van der Waals surface area contributed by atoms with Crippen molar-refractivity contribution < 1.29 is 4.79 Å². The second-order valence-electron chi connectivity index (χ2n) is 6.71. The van der Waals surface area contributed by atoms with E-state index in [-0.39, 0.29) is 11.9 Å². The molecule has 1 aromatic heterocycles. The summed E-state index contributed by atoms with van der Waals surface area (Å²) >= 11 is 7.91. The molecule has 2 heterocycles. The number of benzene rings is 2. The molecule has 3 aromatic rings. The smallest absolute Gasteiger partial charge is 0.252 e. The molecule has 1 atom stereocenters. The van der Waals surface area contributed by atoms with Gasteiger partial charge in [-0.05, 0) is 41.1 Å². The van der Waals surface area contributed by atoms with Gasteiger partial charge in [-0.15, -0.1) is 11.3 Å². The third-order valence-corrected chi connectivity index (χ3v) is 6.35. The Hall–Kier alpha value is -2.14. The van der Waals surface area contributed by atoms with Gasteiger partial charge in [0.25, 0.3) is 5.91 Å². The molecule has 4 rings (SSSR count). The van der Waals surface area contributed by atoms with Crippen molar-refractivity contribution >= 4 is 28.8 Å². The van der Waals surface area contributed by atoms with E-state index in [9.17, 15) is 4.79 Å². The highest BCUT2D eigenvalue weighted by Gasteiger charge is 2.26. The minimum Gasteiger partial charge on any atom is -0.350 e. The van der Waals surface area contributed by atoms with E-state index in [0.29, 0.717) is 17.1 Å². The Bertz CT molecular complexity index is 926. The van der Waals surface area contributed by atoms with Crippen LogP contribution in [-0.4, -0.2) is 23.9 Å². The molecule has 138 valence electrons. The number of halogens is 1. The lowest BCUT2D eigenvalue weighted by atomic mass is 9.98. The van der Waals surface area contributed by atoms with E-state index in [4.69, 9.17) is 11.6 Å². The summed E-state index contributed by atoms with van der Waals surface area (Å²) in [6.45, 7) is 2.45. The lowest BCUT2D eigenvalue weighted by Crippen LogP contribution is -2.40. The molecule has 3 nitrogen and oxygen atoms in total. The van der Waals surface area contributed by atoms with Crippen molar-refractivity contribution in [3.63, 3.8) is 0 Å². The van der Waals surface area contributed by atoms with Crippen LogP contribution in [0.3, 0.4) is 0 Å². The van der Waals surface area contributed by atoms with E-state index < -0.39 is 0 Å². The number of fused-ring (bicyclic) bond motifs is 1. The van der Waals surface area contributed by atoms with E-state index >= 15 is 0 Å². The van der Waals surface area contributed by atoms with Crippen LogP contribution in [0.1, 0.15) is 32.4 Å². The average Bonchev–Trinajstić information content (AvgIpc) is 3.23. The number of amides is 1. The fraction of sp³-hybridized carbons (Fsp3) is 0.227. The molecule has 2 aromatic carbocycles. The molecule has 0 bridgehead atoms. The molecule has 0 saturated heterocycles. The molecular weight excluding hydrogens is 376 g/mol. The second-order valence-corrected chi connectivity index (χ2v) is 8.10. The zero-order valence-corrected chi connectivity index (χ0v) is 16.5. The van der Waals surface area contributed by atoms with E-state index in [1.54, 1.807) is 23.5 Å². The van der Waals surface area contributed by atoms with Gasteiger partial charge in [0.2, 0.25) is 0 Å². The highest BCUT2D eigenvalue weighted by Crippen LogP contribution is 2.30. The standard InChI is InChI=1S/C22H21ClN2OS/c23-19-9-4-3-8-18(19)22(26)24-14-20(21-10-5-13-27-21)25-12-11-16-6-1-2-7-17(16)15-25/h1-10,13,20H,11-12,14-15H2,(H,24,26)/t20-/m0/s1. The van der Waals surface area contributed by atoms with Gasteiger partial charge < -0.3 is 5.32 Å². The fourth-order valence-corrected chi connectivity index (χ4v) is 4.69. The molecule has 1 aliphatic heterocycles. The highest BCUT2D eigenvalue weighted by atomic mass is 35.5. The molecule has 0 radical (unpaired) electrons. The van der Waals surface area contributed by atoms with Crippen LogP contribution in [0.4, 0.5) is 0 Å². The molecule has 1 N–H and O–H groups in total. The number of nitrogens with zero attached hydrogens (tertiary/aromatic N) is 1. The molecule has 1 amide bonds. The van der Waals surface area contributed by atoms with Crippen molar-refractivity contribution in [2.45, 2.75) is 19.0 Å². The topological polar surface area (TPSA) is 32.3 Å². The quantitative estimate of drug-likeness (QED) is 0.663. The Kier molecular flexibility index (Phi) is 5.58. The fourth-order valence-electron chi connectivity index (χ4n) is 3.60. The van der Waals surface area contributed by atoms with Gasteiger partial charge in [-0.1, -0.05) is 54.1 Å². The molecule has 27 heavy (non-hydrogen) atoms. The Balaban J connectivity index is 1.51. The Labute approximate surface area is 168 Å². The van der Waals surface area contributed by atoms with Crippen molar-refractivity contribution in [1.29, 1.82) is 0 Å². The van der Waals surface area contributed by atoms with Gasteiger partial charge in [0.15, 0.2) is 0 Å². The number of rotatable bonds is 5. The predicted molar refractivity (Wildman–Crippen MR) is 111 cm³/mol. The summed E-state index contributed by atoms with van der Waals surface area (Å²) in [7, 11) is 0. The maximum atomic E-state index is 12.6. The summed E-state index contributed by atoms with van der Waals surface area (Å²) in [5.41, 5.74) is 3.33. The molecule has 0 unspecified atom stereocenters. The van der Waals surface area contributed by atoms with Crippen LogP contribution < -0.4 is 5.32 Å². The number of hydrogen-bond acceptors (Lipinski definition) is 3. The van der Waals surface area contributed by atoms with Crippen molar-refractivity contribution in [1.82, 2.24) is 10.2 Å². The van der Waals surface area contributed by atoms with Crippen LogP contribution in [0.15, 0.2) is 66.0 Å². The summed E-state index contributed by atoms with van der Waals surface area (Å²) in [4.78, 5) is 16.3. The summed E-state index contributed by atoms with van der Waals surface area (Å²) in [6.07, 6.45) is 1.04. The van der Waals surface area contributed by atoms with Gasteiger partial charge in [0.1, 0.15) is 0 Å². The maximum absolute atomic E-state index is 12.6. The van der Waals surface area contributed by atoms with Crippen LogP contribution in [-0.2, 0) is 13.0 Å². The number of nitrogens with one attached hydrogen (secondary N) is 1. The summed E-state index contributed by atoms with van der Waals surface area (Å²) < 4.78 is 0. The first kappa shape index (κ1) is 18.2. The van der Waals surface area contributed by atoms with Crippen molar-refractivity contribution in [2.24, 2.45) is 0 Å². The third-order valence-electron chi connectivity index (χ3n) is 5.05. The Morgan fingerprint density at radius 2 is 1.85 bits per heavy atom. The van der Waals surface area contributed by atoms with Crippen LogP contribution in [0, 0.1) is 0 Å². The zero-order chi connectivity index (χ0) is 18.6. The van der Waals surface area contributed by atoms with Crippen LogP contribution in [0.2, 0.25) is 5.02 Å². The van der Waals surface area contributed by atoms with Crippen LogP contribution >= 0.6 is 22.9 Å². The van der Waals surface area contributed by atoms with Gasteiger partial charge in [-0.3, -0.25) is 9.69 Å². The number of carbonyl (C=O) groups excluding carboxylic acids is 1. The molecule has 5 heteroatoms. The normalized spacial score (nSPS) is 15.1. The first-order chi connectivity index (χ1) is 13.2. The maximum Gasteiger partial charge on any atom is 0.252 e. The number of hydrogen-bond donors (Lipinski definition) is 1. The summed E-state index contributed by atoms with van der Waals surface area (Å²) in [5, 5.41) is 5.67. The van der Waals surface area contributed by atoms with Crippen molar-refractivity contribution in [3.05, 3.63) is 92.6 Å². The highest BCUT2D eigenvalue weighted by molar-refractivity contribution is 7.10. The SMILES string of the molecule is O=C(NC[C@@H](c1cccs1)N1CCc2ccccc2C1)c1ccccc1Cl. The predicted octanol–water partition coefficient (Wildman–Crippen LogP) is 4.93. The lowest BCUT2D eigenvalue weighted by molar-refractivity contribution is 0.0929. The van der Waals surface area contributed by atoms with E-state index in [1.165, 1.54) is 16.0 Å². The van der Waals surface area contributed by atoms with Gasteiger partial charge in [-0.25, -0.2) is 0 Å². The Morgan fingerprint density at radius 1 is 1.07 bits per heavy atom. The Morgan fingerprint density at radius 3 is 2.63 bits per heavy atom. The van der Waals surface area contributed by atoms with E-state index in [0.717, 1.165) is 19.5 Å². The number of thiophene rings is 1. The molecule has 0 spiro atoms. The summed E-state index contributed by atoms with van der Waals surface area (Å²) in [5.74, 6) is -0.125. The first-order valence-corrected chi connectivity index (χ1v) is 10.3. The average molecular weight is 397 g/mol.